The number of β-amino-alcohol motifs (C(OH)–C–C–N with tert-alkyl or cyclic N) is 1. The van der Waals surface area contributed by atoms with Gasteiger partial charge in [-0.15, -0.1) is 0 Å². The second-order valence-corrected chi connectivity index (χ2v) is 7.54. The van der Waals surface area contributed by atoms with Crippen LogP contribution in [0, 0.1) is 0 Å². The summed E-state index contributed by atoms with van der Waals surface area (Å²) >= 11 is 0. The Morgan fingerprint density at radius 1 is 1.10 bits per heavy atom. The molecule has 1 heterocycles. The van der Waals surface area contributed by atoms with E-state index in [2.05, 4.69) is 10.6 Å². The predicted octanol–water partition coefficient (Wildman–Crippen LogP) is 1.89. The lowest BCUT2D eigenvalue weighted by Crippen LogP contribution is -2.61. The van der Waals surface area contributed by atoms with Crippen LogP contribution in [0.15, 0.2) is 48.5 Å². The molecule has 1 saturated heterocycles. The molecule has 1 amide bonds. The van der Waals surface area contributed by atoms with Crippen LogP contribution >= 0.6 is 0 Å². The van der Waals surface area contributed by atoms with Gasteiger partial charge in [-0.25, -0.2) is 0 Å². The molecule has 7 heteroatoms. The molecule has 1 aliphatic carbocycles. The Kier molecular flexibility index (Phi) is 6.64. The maximum atomic E-state index is 13.1. The van der Waals surface area contributed by atoms with Crippen molar-refractivity contribution in [2.24, 2.45) is 0 Å². The molecular weight excluding hydrogens is 384 g/mol. The third-order valence-corrected chi connectivity index (χ3v) is 5.55. The molecule has 0 spiro atoms. The number of hydrogen-bond acceptors (Lipinski definition) is 5. The Morgan fingerprint density at radius 3 is 2.47 bits per heavy atom. The molecule has 0 bridgehead atoms. The van der Waals surface area contributed by atoms with Crippen molar-refractivity contribution in [3.63, 3.8) is 0 Å². The van der Waals surface area contributed by atoms with Crippen molar-refractivity contribution in [2.45, 2.75) is 37.8 Å². The molecule has 2 aromatic carbocycles. The zero-order valence-corrected chi connectivity index (χ0v) is 16.9. The quantitative estimate of drug-likeness (QED) is 0.614. The van der Waals surface area contributed by atoms with Gasteiger partial charge in [0.05, 0.1) is 11.6 Å². The van der Waals surface area contributed by atoms with Gasteiger partial charge in [0, 0.05) is 31.0 Å². The van der Waals surface area contributed by atoms with Crippen LogP contribution in [0.25, 0.3) is 0 Å². The molecule has 158 valence electrons. The number of nitrogens with one attached hydrogen (secondary N) is 2. The largest absolute Gasteiger partial charge is 0.481 e. The number of aliphatic hydroxyl groups is 1. The summed E-state index contributed by atoms with van der Waals surface area (Å²) in [5.41, 5.74) is 2.06. The number of benzene rings is 2. The molecule has 0 radical (unpaired) electrons. The van der Waals surface area contributed by atoms with Crippen molar-refractivity contribution >= 4 is 17.7 Å². The van der Waals surface area contributed by atoms with E-state index in [9.17, 15) is 14.7 Å². The van der Waals surface area contributed by atoms with Gasteiger partial charge in [0.15, 0.2) is 5.78 Å². The molecule has 1 aliphatic heterocycles. The monoisotopic (exact) mass is 410 g/mol. The van der Waals surface area contributed by atoms with Gasteiger partial charge in [0.1, 0.15) is 0 Å². The van der Waals surface area contributed by atoms with Crippen LogP contribution in [0.4, 0.5) is 0 Å². The topological polar surface area (TPSA) is 116 Å². The number of carbonyl (C=O) groups is 3. The van der Waals surface area contributed by atoms with Gasteiger partial charge in [-0.2, -0.15) is 0 Å². The van der Waals surface area contributed by atoms with Crippen LogP contribution in [-0.4, -0.2) is 47.1 Å². The van der Waals surface area contributed by atoms with Crippen LogP contribution in [0.3, 0.4) is 0 Å². The fourth-order valence-corrected chi connectivity index (χ4v) is 4.13. The minimum atomic E-state index is -0.838. The molecule has 4 N–H and O–H groups in total. The van der Waals surface area contributed by atoms with Crippen molar-refractivity contribution in [1.29, 1.82) is 0 Å². The van der Waals surface area contributed by atoms with Gasteiger partial charge >= 0.3 is 0 Å². The Labute approximate surface area is 175 Å². The summed E-state index contributed by atoms with van der Waals surface area (Å²) < 4.78 is 0. The zero-order chi connectivity index (χ0) is 21.7. The van der Waals surface area contributed by atoms with E-state index < -0.39 is 17.6 Å². The third kappa shape index (κ3) is 4.42. The smallest absolute Gasteiger partial charge is 0.300 e. The van der Waals surface area contributed by atoms with E-state index in [1.165, 1.54) is 0 Å². The number of aliphatic carboxylic acids is 1. The Bertz CT molecular complexity index is 940. The number of piperidine rings is 1. The summed E-state index contributed by atoms with van der Waals surface area (Å²) in [5, 5.41) is 24.5. The van der Waals surface area contributed by atoms with Crippen molar-refractivity contribution in [2.75, 3.05) is 13.1 Å². The molecular formula is C23H26N2O5. The minimum Gasteiger partial charge on any atom is -0.481 e. The Morgan fingerprint density at radius 2 is 1.80 bits per heavy atom. The predicted molar refractivity (Wildman–Crippen MR) is 111 cm³/mol. The number of carboxylic acid groups (broad SMARTS) is 1. The van der Waals surface area contributed by atoms with Crippen molar-refractivity contribution in [1.82, 2.24) is 10.6 Å². The maximum absolute atomic E-state index is 13.1. The summed E-state index contributed by atoms with van der Waals surface area (Å²) in [6, 6.07) is 14.9. The molecule has 2 aliphatic rings. The average Bonchev–Trinajstić information content (AvgIpc) is 3.11. The molecule has 4 rings (SSSR count). The lowest BCUT2D eigenvalue weighted by atomic mass is 9.79. The zero-order valence-electron chi connectivity index (χ0n) is 16.9. The van der Waals surface area contributed by atoms with Crippen molar-refractivity contribution in [3.8, 4) is 0 Å². The lowest BCUT2D eigenvalue weighted by Gasteiger charge is -2.43. The molecule has 7 nitrogen and oxygen atoms in total. The van der Waals surface area contributed by atoms with E-state index in [1.54, 1.807) is 18.2 Å². The minimum absolute atomic E-state index is 0.0920. The SMILES string of the molecule is CC(=O)O.O=C1CCc2c1cccc2C(=O)N[C@@]1(c2ccccc2)CCNC[C@H]1O. The summed E-state index contributed by atoms with van der Waals surface area (Å²) in [4.78, 5) is 34.1. The first kappa shape index (κ1) is 21.7. The number of amides is 1. The second-order valence-electron chi connectivity index (χ2n) is 7.54. The second kappa shape index (κ2) is 9.19. The maximum Gasteiger partial charge on any atom is 0.300 e. The van der Waals surface area contributed by atoms with Crippen LogP contribution in [0.2, 0.25) is 0 Å². The Hall–Kier alpha value is -3.03. The van der Waals surface area contributed by atoms with E-state index >= 15 is 0 Å². The highest BCUT2D eigenvalue weighted by Crippen LogP contribution is 2.32. The van der Waals surface area contributed by atoms with Gasteiger partial charge in [-0.3, -0.25) is 14.4 Å². The number of fused-ring (bicyclic) bond motifs is 1. The van der Waals surface area contributed by atoms with Crippen LogP contribution in [0.1, 0.15) is 51.6 Å². The highest BCUT2D eigenvalue weighted by molar-refractivity contribution is 6.05. The summed E-state index contributed by atoms with van der Waals surface area (Å²) in [6.07, 6.45) is 0.912. The summed E-state index contributed by atoms with van der Waals surface area (Å²) in [7, 11) is 0. The first-order chi connectivity index (χ1) is 14.3. The van der Waals surface area contributed by atoms with E-state index in [0.29, 0.717) is 43.5 Å². The number of Topliss-reactive ketones (excluding diaryl/α,β-unsaturated/α-hetero) is 1. The normalized spacial score (nSPS) is 22.5. The molecule has 0 unspecified atom stereocenters. The average molecular weight is 410 g/mol. The molecule has 0 aromatic heterocycles. The van der Waals surface area contributed by atoms with Crippen molar-refractivity contribution in [3.05, 3.63) is 70.8 Å². The van der Waals surface area contributed by atoms with E-state index in [4.69, 9.17) is 9.90 Å². The van der Waals surface area contributed by atoms with Crippen LogP contribution in [0.5, 0.6) is 0 Å². The highest BCUT2D eigenvalue weighted by atomic mass is 16.4. The molecule has 1 fully saturated rings. The molecule has 30 heavy (non-hydrogen) atoms. The van der Waals surface area contributed by atoms with E-state index in [0.717, 1.165) is 18.1 Å². The third-order valence-electron chi connectivity index (χ3n) is 5.55. The molecule has 0 saturated carbocycles. The first-order valence-corrected chi connectivity index (χ1v) is 9.96. The molecule has 2 aromatic rings. The fourth-order valence-electron chi connectivity index (χ4n) is 4.13. The van der Waals surface area contributed by atoms with Gasteiger partial charge < -0.3 is 20.8 Å². The van der Waals surface area contributed by atoms with Crippen LogP contribution in [-0.2, 0) is 16.8 Å². The van der Waals surface area contributed by atoms with Crippen molar-refractivity contribution < 1.29 is 24.6 Å². The first-order valence-electron chi connectivity index (χ1n) is 9.96. The number of ketones is 1. The van der Waals surface area contributed by atoms with Crippen LogP contribution < -0.4 is 10.6 Å². The standard InChI is InChI=1S/C21H22N2O3.C2H4O2/c24-18-10-9-15-16(18)7-4-8-17(15)20(26)23-21(11-12-22-13-19(21)25)14-5-2-1-3-6-14;1-2(3)4/h1-8,19,22,25H,9-13H2,(H,23,26);1H3,(H,3,4)/t19-,21-;/m1./s1. The van der Waals surface area contributed by atoms with Gasteiger partial charge in [-0.1, -0.05) is 42.5 Å². The summed E-state index contributed by atoms with van der Waals surface area (Å²) in [5.74, 6) is -0.976. The Balaban J connectivity index is 0.000000589. The van der Waals surface area contributed by atoms with E-state index in [-0.39, 0.29) is 11.7 Å². The number of hydrogen-bond donors (Lipinski definition) is 4. The molecule has 2 atom stereocenters. The number of carbonyl (C=O) groups excluding carboxylic acids is 2. The van der Waals surface area contributed by atoms with E-state index in [1.807, 2.05) is 30.3 Å². The highest BCUT2D eigenvalue weighted by Gasteiger charge is 2.43. The van der Waals surface area contributed by atoms with Gasteiger partial charge in [0.2, 0.25) is 0 Å². The fraction of sp³-hybridized carbons (Fsp3) is 0.348. The lowest BCUT2D eigenvalue weighted by molar-refractivity contribution is -0.134. The summed E-state index contributed by atoms with van der Waals surface area (Å²) in [6.45, 7) is 2.21. The number of carboxylic acids is 1. The van der Waals surface area contributed by atoms with Gasteiger partial charge in [0.25, 0.3) is 11.9 Å². The number of rotatable bonds is 3. The number of aliphatic hydroxyl groups excluding tert-OH is 1. The van der Waals surface area contributed by atoms with Gasteiger partial charge in [-0.05, 0) is 36.6 Å².